The van der Waals surface area contributed by atoms with E-state index >= 15 is 0 Å². The Kier molecular flexibility index (Phi) is 3.49. The van der Waals surface area contributed by atoms with Crippen molar-refractivity contribution in [2.24, 2.45) is 0 Å². The van der Waals surface area contributed by atoms with E-state index in [9.17, 15) is 4.79 Å². The second-order valence-electron chi connectivity index (χ2n) is 7.77. The molecule has 3 aliphatic rings. The number of nitrogens with one attached hydrogen (secondary N) is 1. The molecule has 4 heterocycles. The number of H-pyrrole nitrogens is 1. The number of carbonyl (C=O) groups excluding carboxylic acids is 1. The number of aromatic nitrogens is 2. The zero-order chi connectivity index (χ0) is 17.9. The molecule has 3 aliphatic heterocycles. The summed E-state index contributed by atoms with van der Waals surface area (Å²) >= 11 is 0. The molecule has 0 bridgehead atoms. The first kappa shape index (κ1) is 16.0. The van der Waals surface area contributed by atoms with Crippen LogP contribution in [-0.4, -0.2) is 57.4 Å². The molecule has 6 heteroatoms. The molecule has 1 aromatic heterocycles. The highest BCUT2D eigenvalue weighted by Crippen LogP contribution is 2.46. The quantitative estimate of drug-likeness (QED) is 0.920. The first-order valence-corrected chi connectivity index (χ1v) is 9.37. The molecule has 0 aliphatic carbocycles. The molecule has 2 atom stereocenters. The first-order chi connectivity index (χ1) is 12.6. The third kappa shape index (κ3) is 2.18. The van der Waals surface area contributed by atoms with Crippen LogP contribution in [0.4, 0.5) is 0 Å². The van der Waals surface area contributed by atoms with Gasteiger partial charge in [0, 0.05) is 43.6 Å². The van der Waals surface area contributed by atoms with E-state index in [1.54, 1.807) is 0 Å². The van der Waals surface area contributed by atoms with Gasteiger partial charge in [-0.05, 0) is 25.5 Å². The Morgan fingerprint density at radius 1 is 1.35 bits per heavy atom. The van der Waals surface area contributed by atoms with Crippen LogP contribution in [0, 0.1) is 13.8 Å². The highest BCUT2D eigenvalue weighted by atomic mass is 16.5. The number of hydrogen-bond acceptors (Lipinski definition) is 4. The van der Waals surface area contributed by atoms with E-state index in [-0.39, 0.29) is 17.7 Å². The largest absolute Gasteiger partial charge is 0.352 e. The molecule has 3 saturated heterocycles. The third-order valence-electron chi connectivity index (χ3n) is 6.27. The average molecular weight is 352 g/mol. The van der Waals surface area contributed by atoms with Gasteiger partial charge >= 0.3 is 0 Å². The van der Waals surface area contributed by atoms with Crippen molar-refractivity contribution in [3.05, 3.63) is 41.1 Å². The third-order valence-corrected chi connectivity index (χ3v) is 6.27. The van der Waals surface area contributed by atoms with Crippen molar-refractivity contribution in [1.29, 1.82) is 0 Å². The molecule has 26 heavy (non-hydrogen) atoms. The van der Waals surface area contributed by atoms with Gasteiger partial charge in [-0.2, -0.15) is 5.10 Å². The molecule has 1 amide bonds. The van der Waals surface area contributed by atoms with Gasteiger partial charge in [-0.1, -0.05) is 17.7 Å². The summed E-state index contributed by atoms with van der Waals surface area (Å²) in [6.07, 6.45) is 3.39. The molecule has 1 N–H and O–H groups in total. The lowest BCUT2D eigenvalue weighted by Gasteiger charge is -2.31. The molecule has 0 unspecified atom stereocenters. The van der Waals surface area contributed by atoms with Crippen LogP contribution in [0.3, 0.4) is 0 Å². The fourth-order valence-electron chi connectivity index (χ4n) is 4.95. The van der Waals surface area contributed by atoms with Crippen LogP contribution in [0.5, 0.6) is 0 Å². The second-order valence-corrected chi connectivity index (χ2v) is 7.77. The van der Waals surface area contributed by atoms with Crippen molar-refractivity contribution in [2.45, 2.75) is 45.0 Å². The zero-order valence-corrected chi connectivity index (χ0v) is 15.3. The minimum absolute atomic E-state index is 0.152. The van der Waals surface area contributed by atoms with Gasteiger partial charge in [-0.15, -0.1) is 0 Å². The van der Waals surface area contributed by atoms with Crippen LogP contribution in [0.25, 0.3) is 11.3 Å². The maximum Gasteiger partial charge on any atom is 0.226 e. The SMILES string of the molecule is Cc1ccc(C)c(-c2[nH]ncc2CN2CC[C@@]34OCCN3C(=O)C[C@@H]24)c1. The van der Waals surface area contributed by atoms with E-state index in [2.05, 4.69) is 47.1 Å². The summed E-state index contributed by atoms with van der Waals surface area (Å²) in [5.41, 5.74) is 5.57. The Labute approximate surface area is 153 Å². The van der Waals surface area contributed by atoms with E-state index in [0.717, 1.165) is 31.7 Å². The average Bonchev–Trinajstić information content (AvgIpc) is 3.35. The minimum Gasteiger partial charge on any atom is -0.352 e. The topological polar surface area (TPSA) is 61.5 Å². The number of rotatable bonds is 3. The Morgan fingerprint density at radius 2 is 2.23 bits per heavy atom. The van der Waals surface area contributed by atoms with E-state index in [1.165, 1.54) is 22.3 Å². The van der Waals surface area contributed by atoms with Crippen molar-refractivity contribution >= 4 is 5.91 Å². The monoisotopic (exact) mass is 352 g/mol. The summed E-state index contributed by atoms with van der Waals surface area (Å²) in [4.78, 5) is 16.8. The number of hydrogen-bond donors (Lipinski definition) is 1. The molecule has 3 fully saturated rings. The maximum atomic E-state index is 12.4. The van der Waals surface area contributed by atoms with E-state index < -0.39 is 0 Å². The first-order valence-electron chi connectivity index (χ1n) is 9.37. The highest BCUT2D eigenvalue weighted by Gasteiger charge is 2.61. The van der Waals surface area contributed by atoms with Gasteiger partial charge in [0.05, 0.1) is 24.5 Å². The Balaban J connectivity index is 1.45. The van der Waals surface area contributed by atoms with Gasteiger partial charge < -0.3 is 9.64 Å². The highest BCUT2D eigenvalue weighted by molar-refractivity contribution is 5.81. The predicted molar refractivity (Wildman–Crippen MR) is 97.3 cm³/mol. The van der Waals surface area contributed by atoms with Gasteiger partial charge in [0.1, 0.15) is 0 Å². The van der Waals surface area contributed by atoms with Gasteiger partial charge in [0.2, 0.25) is 5.91 Å². The van der Waals surface area contributed by atoms with E-state index in [0.29, 0.717) is 13.0 Å². The normalized spacial score (nSPS) is 28.0. The summed E-state index contributed by atoms with van der Waals surface area (Å²) in [6, 6.07) is 6.65. The van der Waals surface area contributed by atoms with Crippen LogP contribution < -0.4 is 0 Å². The summed E-state index contributed by atoms with van der Waals surface area (Å²) < 4.78 is 6.10. The number of ether oxygens (including phenoxy) is 1. The van der Waals surface area contributed by atoms with Crippen LogP contribution in [0.2, 0.25) is 0 Å². The summed E-state index contributed by atoms with van der Waals surface area (Å²) in [6.45, 7) is 7.38. The fourth-order valence-corrected chi connectivity index (χ4v) is 4.95. The lowest BCUT2D eigenvalue weighted by Crippen LogP contribution is -2.47. The summed E-state index contributed by atoms with van der Waals surface area (Å²) in [7, 11) is 0. The molecule has 0 saturated carbocycles. The van der Waals surface area contributed by atoms with Crippen molar-refractivity contribution in [3.8, 4) is 11.3 Å². The molecule has 136 valence electrons. The molecular formula is C20H24N4O2. The van der Waals surface area contributed by atoms with E-state index in [1.807, 2.05) is 11.1 Å². The van der Waals surface area contributed by atoms with Gasteiger partial charge in [0.15, 0.2) is 5.72 Å². The van der Waals surface area contributed by atoms with Gasteiger partial charge in [-0.25, -0.2) is 0 Å². The predicted octanol–water partition coefficient (Wildman–Crippen LogP) is 2.23. The molecule has 1 spiro atoms. The number of aryl methyl sites for hydroxylation is 2. The molecule has 5 rings (SSSR count). The fraction of sp³-hybridized carbons (Fsp3) is 0.500. The minimum atomic E-state index is -0.375. The standard InChI is InChI=1S/C20H24N4O2/c1-13-3-4-14(2)16(9-13)19-15(11-21-22-19)12-23-6-5-20-17(23)10-18(25)24(20)7-8-26-20/h3-4,9,11,17H,5-8,10,12H2,1-2H3,(H,21,22)/t17-,20+/m1/s1. The lowest BCUT2D eigenvalue weighted by molar-refractivity contribution is -0.136. The van der Waals surface area contributed by atoms with E-state index in [4.69, 9.17) is 4.74 Å². The van der Waals surface area contributed by atoms with Crippen molar-refractivity contribution in [1.82, 2.24) is 20.0 Å². The second kappa shape index (κ2) is 5.66. The molecular weight excluding hydrogens is 328 g/mol. The Bertz CT molecular complexity index is 876. The molecule has 1 aromatic carbocycles. The summed E-state index contributed by atoms with van der Waals surface area (Å²) in [5.74, 6) is 0.235. The Morgan fingerprint density at radius 3 is 3.12 bits per heavy atom. The zero-order valence-electron chi connectivity index (χ0n) is 15.3. The molecule has 2 aromatic rings. The smallest absolute Gasteiger partial charge is 0.226 e. The number of nitrogens with zero attached hydrogens (tertiary/aromatic N) is 3. The Hall–Kier alpha value is -2.18. The number of benzene rings is 1. The number of amides is 1. The van der Waals surface area contributed by atoms with Crippen molar-refractivity contribution in [2.75, 3.05) is 19.7 Å². The van der Waals surface area contributed by atoms with Gasteiger partial charge in [0.25, 0.3) is 0 Å². The number of aromatic amines is 1. The van der Waals surface area contributed by atoms with Crippen molar-refractivity contribution in [3.63, 3.8) is 0 Å². The number of carbonyl (C=O) groups is 1. The van der Waals surface area contributed by atoms with Gasteiger partial charge in [-0.3, -0.25) is 14.8 Å². The van der Waals surface area contributed by atoms with Crippen LogP contribution in [0.1, 0.15) is 29.5 Å². The maximum absolute atomic E-state index is 12.4. The van der Waals surface area contributed by atoms with Crippen molar-refractivity contribution < 1.29 is 9.53 Å². The number of likely N-dealkylation sites (tertiary alicyclic amines) is 1. The lowest BCUT2D eigenvalue weighted by atomic mass is 10.00. The molecule has 0 radical (unpaired) electrons. The van der Waals surface area contributed by atoms with Crippen LogP contribution in [0.15, 0.2) is 24.4 Å². The summed E-state index contributed by atoms with van der Waals surface area (Å²) in [5, 5.41) is 7.51. The molecule has 6 nitrogen and oxygen atoms in total. The van der Waals surface area contributed by atoms with Crippen LogP contribution >= 0.6 is 0 Å². The van der Waals surface area contributed by atoms with Crippen LogP contribution in [-0.2, 0) is 16.1 Å².